The van der Waals surface area contributed by atoms with Crippen LogP contribution in [0.15, 0.2) is 72.8 Å². The Bertz CT molecular complexity index is 1220. The molecule has 0 saturated heterocycles. The van der Waals surface area contributed by atoms with E-state index in [1.54, 1.807) is 4.72 Å². The highest BCUT2D eigenvalue weighted by atomic mass is 32.2. The molecule has 2 aromatic rings. The van der Waals surface area contributed by atoms with Crippen LogP contribution >= 0.6 is 0 Å². The van der Waals surface area contributed by atoms with Crippen molar-refractivity contribution in [3.05, 3.63) is 83.9 Å². The zero-order chi connectivity index (χ0) is 25.8. The van der Waals surface area contributed by atoms with Crippen LogP contribution in [0.1, 0.15) is 69.4 Å². The molecule has 0 aliphatic heterocycles. The second kappa shape index (κ2) is 11.0. The molecule has 3 atom stereocenters. The topological polar surface area (TPSA) is 98.5 Å². The highest BCUT2D eigenvalue weighted by Crippen LogP contribution is 2.66. The van der Waals surface area contributed by atoms with Gasteiger partial charge in [0.15, 0.2) is 0 Å². The van der Waals surface area contributed by atoms with Crippen molar-refractivity contribution in [2.45, 2.75) is 64.4 Å². The molecule has 0 spiro atoms. The van der Waals surface area contributed by atoms with Gasteiger partial charge in [-0.3, -0.25) is 0 Å². The number of hydrogen-bond acceptors (Lipinski definition) is 4. The Balaban J connectivity index is 1.80. The van der Waals surface area contributed by atoms with Crippen LogP contribution in [0.3, 0.4) is 0 Å². The van der Waals surface area contributed by atoms with Crippen molar-refractivity contribution in [1.29, 1.82) is 0 Å². The van der Waals surface area contributed by atoms with Crippen molar-refractivity contribution in [2.75, 3.05) is 0 Å². The lowest BCUT2D eigenvalue weighted by atomic mass is 9.66. The molecule has 1 saturated carbocycles. The summed E-state index contributed by atoms with van der Waals surface area (Å²) in [6.45, 7) is 6.82. The largest absolute Gasteiger partial charge is 0.363 e. The number of allylic oxidation sites excluding steroid dienone is 3. The number of nitrogens with one attached hydrogen (secondary N) is 1. The molecule has 2 amide bonds. The smallest absolute Gasteiger partial charge is 0.351 e. The number of benzene rings is 2. The molecule has 36 heavy (non-hydrogen) atoms. The fraction of sp³-hybridized carbons (Fsp3) is 0.414. The minimum Gasteiger partial charge on any atom is -0.351 e. The minimum atomic E-state index is -4.32. The summed E-state index contributed by atoms with van der Waals surface area (Å²) in [4.78, 5) is 11.3. The van der Waals surface area contributed by atoms with Crippen LogP contribution in [-0.2, 0) is 14.5 Å². The van der Waals surface area contributed by atoms with E-state index in [9.17, 15) is 13.2 Å². The maximum atomic E-state index is 12.5. The molecule has 4 rings (SSSR count). The highest BCUT2D eigenvalue weighted by molar-refractivity contribution is 7.85. The van der Waals surface area contributed by atoms with Crippen LogP contribution in [0.5, 0.6) is 0 Å². The molecule has 3 N–H and O–H groups in total. The van der Waals surface area contributed by atoms with Gasteiger partial charge in [-0.2, -0.15) is 8.42 Å². The van der Waals surface area contributed by atoms with Gasteiger partial charge in [-0.25, -0.2) is 13.7 Å². The first-order chi connectivity index (χ1) is 17.3. The Labute approximate surface area is 214 Å². The van der Waals surface area contributed by atoms with Crippen LogP contribution in [0.25, 0.3) is 11.1 Å². The van der Waals surface area contributed by atoms with Crippen LogP contribution in [0, 0.1) is 11.3 Å². The van der Waals surface area contributed by atoms with E-state index in [4.69, 9.17) is 9.92 Å². The van der Waals surface area contributed by atoms with Gasteiger partial charge in [-0.15, -0.1) is 0 Å². The Morgan fingerprint density at radius 1 is 1.08 bits per heavy atom. The van der Waals surface area contributed by atoms with Crippen molar-refractivity contribution < 1.29 is 17.4 Å². The fourth-order valence-electron chi connectivity index (χ4n) is 6.28. The summed E-state index contributed by atoms with van der Waals surface area (Å²) in [5.41, 5.74) is 10.4. The van der Waals surface area contributed by atoms with E-state index in [0.29, 0.717) is 12.8 Å². The SMILES string of the molecule is C=C(c1ccccc1)[C@@]12CC[C@H](OS(=O)(=O)NC(N)=O)[C@@H]1CC(CCCCCC)=C2c1ccccc1. The lowest BCUT2D eigenvalue weighted by molar-refractivity contribution is 0.149. The number of fused-ring (bicyclic) bond motifs is 1. The number of unbranched alkanes of at least 4 members (excludes halogenated alkanes) is 3. The van der Waals surface area contributed by atoms with Crippen molar-refractivity contribution in [3.63, 3.8) is 0 Å². The van der Waals surface area contributed by atoms with Gasteiger partial charge < -0.3 is 5.73 Å². The Morgan fingerprint density at radius 2 is 1.75 bits per heavy atom. The first-order valence-corrected chi connectivity index (χ1v) is 14.2. The van der Waals surface area contributed by atoms with Crippen molar-refractivity contribution >= 4 is 27.5 Å². The maximum absolute atomic E-state index is 12.5. The molecule has 2 aliphatic rings. The van der Waals surface area contributed by atoms with Gasteiger partial charge in [0.05, 0.1) is 6.10 Å². The summed E-state index contributed by atoms with van der Waals surface area (Å²) in [5.74, 6) is -0.119. The lowest BCUT2D eigenvalue weighted by Crippen LogP contribution is -2.39. The van der Waals surface area contributed by atoms with Gasteiger partial charge in [-0.05, 0) is 54.4 Å². The van der Waals surface area contributed by atoms with E-state index in [1.807, 2.05) is 36.4 Å². The summed E-state index contributed by atoms with van der Waals surface area (Å²) < 4.78 is 32.4. The predicted octanol–water partition coefficient (Wildman–Crippen LogP) is 6.22. The van der Waals surface area contributed by atoms with E-state index in [2.05, 4.69) is 37.8 Å². The zero-order valence-corrected chi connectivity index (χ0v) is 21.7. The molecule has 6 nitrogen and oxygen atoms in total. The molecule has 2 aromatic carbocycles. The highest BCUT2D eigenvalue weighted by Gasteiger charge is 2.58. The third-order valence-corrected chi connectivity index (χ3v) is 8.65. The first kappa shape index (κ1) is 26.2. The average Bonchev–Trinajstić information content (AvgIpc) is 3.36. The molecule has 1 fully saturated rings. The van der Waals surface area contributed by atoms with Crippen LogP contribution < -0.4 is 10.5 Å². The summed E-state index contributed by atoms with van der Waals surface area (Å²) in [6, 6.07) is 19.4. The molecule has 0 bridgehead atoms. The number of carbonyl (C=O) groups is 1. The molecule has 0 unspecified atom stereocenters. The van der Waals surface area contributed by atoms with Crippen molar-refractivity contribution in [1.82, 2.24) is 4.72 Å². The average molecular weight is 509 g/mol. The summed E-state index contributed by atoms with van der Waals surface area (Å²) in [6.07, 6.45) is 6.98. The van der Waals surface area contributed by atoms with Crippen molar-refractivity contribution in [3.8, 4) is 0 Å². The monoisotopic (exact) mass is 508 g/mol. The van der Waals surface area contributed by atoms with E-state index in [1.165, 1.54) is 24.0 Å². The molecular weight excluding hydrogens is 472 g/mol. The molecule has 2 aliphatic carbocycles. The number of urea groups is 1. The van der Waals surface area contributed by atoms with Gasteiger partial charge >= 0.3 is 16.3 Å². The summed E-state index contributed by atoms with van der Waals surface area (Å²) >= 11 is 0. The van der Waals surface area contributed by atoms with E-state index in [0.717, 1.165) is 42.4 Å². The molecule has 192 valence electrons. The molecule has 0 radical (unpaired) electrons. The molecule has 7 heteroatoms. The van der Waals surface area contributed by atoms with Crippen LogP contribution in [-0.4, -0.2) is 20.6 Å². The third kappa shape index (κ3) is 5.27. The van der Waals surface area contributed by atoms with Crippen LogP contribution in [0.2, 0.25) is 0 Å². The number of amides is 2. The predicted molar refractivity (Wildman–Crippen MR) is 144 cm³/mol. The molecule has 0 heterocycles. The molecular formula is C29H36N2O4S. The van der Waals surface area contributed by atoms with Gasteiger partial charge in [0.25, 0.3) is 0 Å². The Morgan fingerprint density at radius 3 is 2.39 bits per heavy atom. The quantitative estimate of drug-likeness (QED) is 0.352. The number of rotatable bonds is 11. The Kier molecular flexibility index (Phi) is 8.00. The molecule has 0 aromatic heterocycles. The normalized spacial score (nSPS) is 23.5. The second-order valence-corrected chi connectivity index (χ2v) is 11.2. The first-order valence-electron chi connectivity index (χ1n) is 12.8. The number of hydrogen-bond donors (Lipinski definition) is 2. The summed E-state index contributed by atoms with van der Waals surface area (Å²) in [7, 11) is -4.32. The van der Waals surface area contributed by atoms with E-state index < -0.39 is 27.9 Å². The maximum Gasteiger partial charge on any atom is 0.363 e. The Hall–Kier alpha value is -2.90. The van der Waals surface area contributed by atoms with E-state index in [-0.39, 0.29) is 5.92 Å². The van der Waals surface area contributed by atoms with Gasteiger partial charge in [0.2, 0.25) is 0 Å². The lowest BCUT2D eigenvalue weighted by Gasteiger charge is -2.37. The standard InChI is InChI=1S/C29H36N2O4S/c1-3-4-5-8-17-24-20-25-26(35-36(33,34)31-28(30)32)18-19-29(25,21(2)22-13-9-6-10-14-22)27(24)23-15-11-7-12-16-23/h6-7,9-16,25-26H,2-5,8,17-20H2,1H3,(H3,30,31,32)/t25-,26-,29-/m0/s1. The minimum absolute atomic E-state index is 0.119. The number of nitrogens with two attached hydrogens (primary N) is 1. The van der Waals surface area contributed by atoms with E-state index >= 15 is 0 Å². The number of primary amides is 1. The fourth-order valence-corrected chi connectivity index (χ4v) is 7.13. The van der Waals surface area contributed by atoms with Crippen LogP contribution in [0.4, 0.5) is 4.79 Å². The zero-order valence-electron chi connectivity index (χ0n) is 20.9. The summed E-state index contributed by atoms with van der Waals surface area (Å²) in [5, 5.41) is 0. The number of carbonyl (C=O) groups excluding carboxylic acids is 1. The van der Waals surface area contributed by atoms with Gasteiger partial charge in [0.1, 0.15) is 0 Å². The van der Waals surface area contributed by atoms with Gasteiger partial charge in [-0.1, -0.05) is 99.0 Å². The van der Waals surface area contributed by atoms with Crippen molar-refractivity contribution in [2.24, 2.45) is 17.1 Å². The second-order valence-electron chi connectivity index (χ2n) is 9.88. The third-order valence-electron chi connectivity index (χ3n) is 7.70. The van der Waals surface area contributed by atoms with Gasteiger partial charge in [0, 0.05) is 11.3 Å².